The standard InChI is InChI=1S/C17H20N2O/c1-2-10-18-11-12-20-16-9-5-7-14-13-6-3-4-8-15(13)19-17(14)16/h3-9,18-19H,2,10-12H2,1H3. The first-order chi connectivity index (χ1) is 9.90. The van der Waals surface area contributed by atoms with Crippen LogP contribution >= 0.6 is 0 Å². The Hall–Kier alpha value is -2.00. The van der Waals surface area contributed by atoms with Gasteiger partial charge in [-0.3, -0.25) is 0 Å². The lowest BCUT2D eigenvalue weighted by Crippen LogP contribution is -2.21. The number of aromatic nitrogens is 1. The Morgan fingerprint density at radius 3 is 2.75 bits per heavy atom. The molecule has 0 radical (unpaired) electrons. The molecule has 104 valence electrons. The van der Waals surface area contributed by atoms with Crippen molar-refractivity contribution in [2.75, 3.05) is 19.7 Å². The quantitative estimate of drug-likeness (QED) is 0.669. The number of rotatable bonds is 6. The Morgan fingerprint density at radius 1 is 1.00 bits per heavy atom. The molecule has 0 aliphatic heterocycles. The number of H-pyrrole nitrogens is 1. The molecule has 3 aromatic rings. The summed E-state index contributed by atoms with van der Waals surface area (Å²) in [7, 11) is 0. The van der Waals surface area contributed by atoms with E-state index in [0.29, 0.717) is 6.61 Å². The third kappa shape index (κ3) is 2.49. The molecule has 0 amide bonds. The smallest absolute Gasteiger partial charge is 0.143 e. The van der Waals surface area contributed by atoms with Crippen molar-refractivity contribution in [1.82, 2.24) is 10.3 Å². The highest BCUT2D eigenvalue weighted by Gasteiger charge is 2.07. The fourth-order valence-electron chi connectivity index (χ4n) is 2.50. The van der Waals surface area contributed by atoms with Gasteiger partial charge in [-0.2, -0.15) is 0 Å². The lowest BCUT2D eigenvalue weighted by Gasteiger charge is -2.07. The van der Waals surface area contributed by atoms with Gasteiger partial charge in [-0.05, 0) is 25.1 Å². The van der Waals surface area contributed by atoms with E-state index in [4.69, 9.17) is 4.74 Å². The summed E-state index contributed by atoms with van der Waals surface area (Å²) >= 11 is 0. The average Bonchev–Trinajstić information content (AvgIpc) is 2.87. The molecule has 0 unspecified atom stereocenters. The number of hydrogen-bond acceptors (Lipinski definition) is 2. The molecule has 2 aromatic carbocycles. The van der Waals surface area contributed by atoms with Crippen LogP contribution in [-0.4, -0.2) is 24.7 Å². The van der Waals surface area contributed by atoms with Gasteiger partial charge in [-0.15, -0.1) is 0 Å². The molecule has 20 heavy (non-hydrogen) atoms. The van der Waals surface area contributed by atoms with Crippen molar-refractivity contribution in [2.24, 2.45) is 0 Å². The van der Waals surface area contributed by atoms with Crippen molar-refractivity contribution in [3.63, 3.8) is 0 Å². The van der Waals surface area contributed by atoms with Crippen LogP contribution in [0.4, 0.5) is 0 Å². The lowest BCUT2D eigenvalue weighted by molar-refractivity contribution is 0.317. The average molecular weight is 268 g/mol. The van der Waals surface area contributed by atoms with Crippen LogP contribution in [0.2, 0.25) is 0 Å². The molecule has 0 spiro atoms. The van der Waals surface area contributed by atoms with E-state index in [1.54, 1.807) is 0 Å². The van der Waals surface area contributed by atoms with Gasteiger partial charge in [0, 0.05) is 22.8 Å². The Labute approximate surface area is 118 Å². The molecular weight excluding hydrogens is 248 g/mol. The van der Waals surface area contributed by atoms with Gasteiger partial charge in [0.2, 0.25) is 0 Å². The molecule has 1 heterocycles. The largest absolute Gasteiger partial charge is 0.490 e. The number of hydrogen-bond donors (Lipinski definition) is 2. The van der Waals surface area contributed by atoms with Crippen LogP contribution in [-0.2, 0) is 0 Å². The Morgan fingerprint density at radius 2 is 1.85 bits per heavy atom. The first kappa shape index (κ1) is 13.0. The molecule has 1 aromatic heterocycles. The van der Waals surface area contributed by atoms with Gasteiger partial charge in [0.25, 0.3) is 0 Å². The molecule has 3 heteroatoms. The summed E-state index contributed by atoms with van der Waals surface area (Å²) in [6.07, 6.45) is 1.15. The SMILES string of the molecule is CCCNCCOc1cccc2c1[nH]c1ccccc12. The molecule has 3 rings (SSSR count). The highest BCUT2D eigenvalue weighted by atomic mass is 16.5. The zero-order valence-corrected chi connectivity index (χ0v) is 11.8. The summed E-state index contributed by atoms with van der Waals surface area (Å²) in [5, 5.41) is 5.81. The molecule has 0 bridgehead atoms. The van der Waals surface area contributed by atoms with Crippen LogP contribution in [0.25, 0.3) is 21.8 Å². The normalized spacial score (nSPS) is 11.2. The van der Waals surface area contributed by atoms with Gasteiger partial charge in [0.15, 0.2) is 0 Å². The Bertz CT molecular complexity index is 702. The minimum absolute atomic E-state index is 0.689. The monoisotopic (exact) mass is 268 g/mol. The third-order valence-corrected chi connectivity index (χ3v) is 3.47. The molecule has 0 aliphatic rings. The molecule has 0 saturated heterocycles. The summed E-state index contributed by atoms with van der Waals surface area (Å²) in [5.74, 6) is 0.928. The fourth-order valence-corrected chi connectivity index (χ4v) is 2.50. The highest BCUT2D eigenvalue weighted by Crippen LogP contribution is 2.31. The summed E-state index contributed by atoms with van der Waals surface area (Å²) in [6.45, 7) is 4.78. The van der Waals surface area contributed by atoms with Crippen molar-refractivity contribution in [3.8, 4) is 5.75 Å². The molecule has 0 atom stereocenters. The topological polar surface area (TPSA) is 37.0 Å². The van der Waals surface area contributed by atoms with Crippen molar-refractivity contribution >= 4 is 21.8 Å². The molecular formula is C17H20N2O. The fraction of sp³-hybridized carbons (Fsp3) is 0.294. The molecule has 0 fully saturated rings. The second-order valence-electron chi connectivity index (χ2n) is 4.95. The van der Waals surface area contributed by atoms with Crippen molar-refractivity contribution in [1.29, 1.82) is 0 Å². The molecule has 0 aliphatic carbocycles. The predicted octanol–water partition coefficient (Wildman–Crippen LogP) is 3.70. The summed E-state index contributed by atoms with van der Waals surface area (Å²) in [4.78, 5) is 3.45. The van der Waals surface area contributed by atoms with Crippen LogP contribution in [0.1, 0.15) is 13.3 Å². The van der Waals surface area contributed by atoms with E-state index in [9.17, 15) is 0 Å². The summed E-state index contributed by atoms with van der Waals surface area (Å²) < 4.78 is 5.90. The van der Waals surface area contributed by atoms with E-state index < -0.39 is 0 Å². The van der Waals surface area contributed by atoms with Crippen molar-refractivity contribution < 1.29 is 4.74 Å². The molecule has 3 nitrogen and oxygen atoms in total. The van der Waals surface area contributed by atoms with E-state index in [1.165, 1.54) is 10.8 Å². The van der Waals surface area contributed by atoms with Gasteiger partial charge < -0.3 is 15.0 Å². The van der Waals surface area contributed by atoms with Crippen LogP contribution in [0, 0.1) is 0 Å². The number of nitrogens with one attached hydrogen (secondary N) is 2. The maximum Gasteiger partial charge on any atom is 0.143 e. The molecule has 2 N–H and O–H groups in total. The molecule has 0 saturated carbocycles. The van der Waals surface area contributed by atoms with Crippen LogP contribution < -0.4 is 10.1 Å². The van der Waals surface area contributed by atoms with E-state index in [2.05, 4.69) is 47.6 Å². The van der Waals surface area contributed by atoms with Crippen LogP contribution in [0.15, 0.2) is 42.5 Å². The number of benzene rings is 2. The zero-order valence-electron chi connectivity index (χ0n) is 11.8. The predicted molar refractivity (Wildman–Crippen MR) is 84.5 cm³/mol. The Balaban J connectivity index is 1.84. The van der Waals surface area contributed by atoms with Crippen molar-refractivity contribution in [3.05, 3.63) is 42.5 Å². The van der Waals surface area contributed by atoms with Crippen LogP contribution in [0.5, 0.6) is 5.75 Å². The van der Waals surface area contributed by atoms with Gasteiger partial charge in [0.1, 0.15) is 12.4 Å². The third-order valence-electron chi connectivity index (χ3n) is 3.47. The van der Waals surface area contributed by atoms with Gasteiger partial charge in [-0.1, -0.05) is 37.3 Å². The van der Waals surface area contributed by atoms with E-state index in [-0.39, 0.29) is 0 Å². The van der Waals surface area contributed by atoms with Crippen molar-refractivity contribution in [2.45, 2.75) is 13.3 Å². The van der Waals surface area contributed by atoms with Gasteiger partial charge >= 0.3 is 0 Å². The second kappa shape index (κ2) is 5.97. The van der Waals surface area contributed by atoms with E-state index >= 15 is 0 Å². The number of aromatic amines is 1. The minimum atomic E-state index is 0.689. The first-order valence-corrected chi connectivity index (χ1v) is 7.23. The Kier molecular flexibility index (Phi) is 3.88. The second-order valence-corrected chi connectivity index (χ2v) is 4.95. The lowest BCUT2D eigenvalue weighted by atomic mass is 10.1. The first-order valence-electron chi connectivity index (χ1n) is 7.23. The number of ether oxygens (including phenoxy) is 1. The summed E-state index contributed by atoms with van der Waals surface area (Å²) in [6, 6.07) is 14.6. The highest BCUT2D eigenvalue weighted by molar-refractivity contribution is 6.09. The maximum atomic E-state index is 5.90. The zero-order chi connectivity index (χ0) is 13.8. The number of para-hydroxylation sites is 2. The summed E-state index contributed by atoms with van der Waals surface area (Å²) in [5.41, 5.74) is 2.24. The number of fused-ring (bicyclic) bond motifs is 3. The minimum Gasteiger partial charge on any atom is -0.490 e. The van der Waals surface area contributed by atoms with E-state index in [1.807, 2.05) is 12.1 Å². The van der Waals surface area contributed by atoms with Crippen LogP contribution in [0.3, 0.4) is 0 Å². The van der Waals surface area contributed by atoms with Gasteiger partial charge in [-0.25, -0.2) is 0 Å². The van der Waals surface area contributed by atoms with E-state index in [0.717, 1.165) is 36.3 Å². The van der Waals surface area contributed by atoms with Gasteiger partial charge in [0.05, 0.1) is 5.52 Å². The maximum absolute atomic E-state index is 5.90.